The Morgan fingerprint density at radius 1 is 0.912 bits per heavy atom. The van der Waals surface area contributed by atoms with Gasteiger partial charge in [-0.1, -0.05) is 42.5 Å². The van der Waals surface area contributed by atoms with Crippen molar-refractivity contribution in [2.45, 2.75) is 19.8 Å². The second kappa shape index (κ2) is 7.26. The van der Waals surface area contributed by atoms with Crippen LogP contribution in [0.4, 0.5) is 4.39 Å². The molecule has 6 heteroatoms. The van der Waals surface area contributed by atoms with Crippen LogP contribution in [0.5, 0.6) is 5.75 Å². The normalized spacial score (nSPS) is 15.4. The molecule has 2 N–H and O–H groups in total. The summed E-state index contributed by atoms with van der Waals surface area (Å²) >= 11 is 0. The van der Waals surface area contributed by atoms with E-state index in [1.807, 2.05) is 43.3 Å². The van der Waals surface area contributed by atoms with Gasteiger partial charge in [0.2, 0.25) is 5.88 Å². The number of fused-ring (bicyclic) bond motifs is 7. The average Bonchev–Trinajstić information content (AvgIpc) is 2.85. The highest BCUT2D eigenvalue weighted by molar-refractivity contribution is 6.11. The van der Waals surface area contributed by atoms with Crippen LogP contribution < -0.4 is 10.5 Å². The molecule has 0 amide bonds. The lowest BCUT2D eigenvalue weighted by Crippen LogP contribution is -2.22. The molecule has 1 aromatic heterocycles. The molecule has 0 saturated heterocycles. The molecular weight excluding hydrogens is 427 g/mol. The van der Waals surface area contributed by atoms with Gasteiger partial charge in [0, 0.05) is 16.3 Å². The number of allylic oxidation sites excluding steroid dienone is 1. The minimum atomic E-state index is -0.570. The number of hydrogen-bond acceptors (Lipinski definition) is 5. The molecule has 0 bridgehead atoms. The molecule has 2 heterocycles. The zero-order chi connectivity index (χ0) is 23.6. The van der Waals surface area contributed by atoms with E-state index in [1.54, 1.807) is 12.1 Å². The van der Waals surface area contributed by atoms with Crippen LogP contribution in [0.2, 0.25) is 0 Å². The molecule has 1 aliphatic rings. The SMILES string of the molecule is Cc1ccc2nc3c4c(c5ccccc5c3nc2c1C)OC(N)=C(C#N)C4c1ccc(F)cc1. The third-order valence-corrected chi connectivity index (χ3v) is 6.67. The summed E-state index contributed by atoms with van der Waals surface area (Å²) in [7, 11) is 0. The number of aryl methyl sites for hydroxylation is 2. The lowest BCUT2D eigenvalue weighted by Gasteiger charge is -2.28. The Morgan fingerprint density at radius 3 is 2.38 bits per heavy atom. The molecule has 4 aromatic carbocycles. The van der Waals surface area contributed by atoms with Crippen LogP contribution in [0.25, 0.3) is 32.8 Å². The van der Waals surface area contributed by atoms with Crippen molar-refractivity contribution in [2.24, 2.45) is 5.73 Å². The maximum atomic E-state index is 13.8. The first kappa shape index (κ1) is 20.1. The van der Waals surface area contributed by atoms with E-state index in [2.05, 4.69) is 13.0 Å². The van der Waals surface area contributed by atoms with Gasteiger partial charge >= 0.3 is 0 Å². The molecule has 0 fully saturated rings. The Morgan fingerprint density at radius 2 is 1.65 bits per heavy atom. The van der Waals surface area contributed by atoms with Crippen molar-refractivity contribution in [3.63, 3.8) is 0 Å². The van der Waals surface area contributed by atoms with Crippen LogP contribution in [0.15, 0.2) is 72.1 Å². The van der Waals surface area contributed by atoms with E-state index in [4.69, 9.17) is 20.4 Å². The minimum Gasteiger partial charge on any atom is -0.439 e. The third kappa shape index (κ3) is 2.77. The topological polar surface area (TPSA) is 84.8 Å². The minimum absolute atomic E-state index is 0.0362. The molecule has 5 nitrogen and oxygen atoms in total. The first-order chi connectivity index (χ1) is 16.5. The van der Waals surface area contributed by atoms with Crippen molar-refractivity contribution in [1.29, 1.82) is 5.26 Å². The first-order valence-corrected chi connectivity index (χ1v) is 10.9. The van der Waals surface area contributed by atoms with Gasteiger partial charge in [-0.3, -0.25) is 0 Å². The number of nitrogens with zero attached hydrogens (tertiary/aromatic N) is 3. The molecule has 1 unspecified atom stereocenters. The van der Waals surface area contributed by atoms with Crippen molar-refractivity contribution in [3.05, 3.63) is 100 Å². The summed E-state index contributed by atoms with van der Waals surface area (Å²) in [5.74, 6) is -0.341. The maximum absolute atomic E-state index is 13.8. The second-order valence-electron chi connectivity index (χ2n) is 8.56. The molecule has 0 aliphatic carbocycles. The van der Waals surface area contributed by atoms with Gasteiger partial charge in [-0.2, -0.15) is 5.26 Å². The van der Waals surface area contributed by atoms with E-state index < -0.39 is 5.92 Å². The number of hydrogen-bond donors (Lipinski definition) is 1. The summed E-state index contributed by atoms with van der Waals surface area (Å²) < 4.78 is 19.8. The van der Waals surface area contributed by atoms with Crippen molar-refractivity contribution >= 4 is 32.8 Å². The van der Waals surface area contributed by atoms with Gasteiger partial charge in [0.1, 0.15) is 23.2 Å². The van der Waals surface area contributed by atoms with E-state index in [9.17, 15) is 9.65 Å². The van der Waals surface area contributed by atoms with Crippen LogP contribution >= 0.6 is 0 Å². The van der Waals surface area contributed by atoms with Crippen molar-refractivity contribution in [3.8, 4) is 11.8 Å². The van der Waals surface area contributed by atoms with Crippen LogP contribution in [0.1, 0.15) is 28.2 Å². The summed E-state index contributed by atoms with van der Waals surface area (Å²) in [5, 5.41) is 11.7. The summed E-state index contributed by atoms with van der Waals surface area (Å²) in [5.41, 5.74) is 13.1. The largest absolute Gasteiger partial charge is 0.439 e. The molecule has 5 aromatic rings. The molecule has 1 aliphatic heterocycles. The number of ether oxygens (including phenoxy) is 1. The lowest BCUT2D eigenvalue weighted by molar-refractivity contribution is 0.399. The van der Waals surface area contributed by atoms with Crippen LogP contribution in [-0.2, 0) is 0 Å². The number of nitriles is 1. The van der Waals surface area contributed by atoms with Crippen LogP contribution in [0, 0.1) is 31.0 Å². The molecule has 34 heavy (non-hydrogen) atoms. The fraction of sp³-hybridized carbons (Fsp3) is 0.107. The molecular formula is C28H19FN4O. The number of benzene rings is 4. The fourth-order valence-corrected chi connectivity index (χ4v) is 4.81. The van der Waals surface area contributed by atoms with Gasteiger partial charge < -0.3 is 10.5 Å². The van der Waals surface area contributed by atoms with E-state index in [1.165, 1.54) is 12.1 Å². The Balaban J connectivity index is 1.82. The highest BCUT2D eigenvalue weighted by Crippen LogP contribution is 2.49. The molecule has 1 atom stereocenters. The number of nitrogens with two attached hydrogens (primary N) is 1. The van der Waals surface area contributed by atoms with Gasteiger partial charge in [-0.25, -0.2) is 14.4 Å². The number of aromatic nitrogens is 2. The lowest BCUT2D eigenvalue weighted by atomic mass is 9.81. The Labute approximate surface area is 194 Å². The van der Waals surface area contributed by atoms with Gasteiger partial charge in [0.05, 0.1) is 28.0 Å². The van der Waals surface area contributed by atoms with Gasteiger partial charge in [0.15, 0.2) is 0 Å². The average molecular weight is 446 g/mol. The van der Waals surface area contributed by atoms with Crippen molar-refractivity contribution < 1.29 is 9.13 Å². The van der Waals surface area contributed by atoms with Gasteiger partial charge in [0.25, 0.3) is 0 Å². The zero-order valence-corrected chi connectivity index (χ0v) is 18.6. The predicted octanol–water partition coefficient (Wildman–Crippen LogP) is 5.91. The van der Waals surface area contributed by atoms with Crippen LogP contribution in [-0.4, -0.2) is 9.97 Å². The summed E-state index contributed by atoms with van der Waals surface area (Å²) in [6.45, 7) is 4.09. The fourth-order valence-electron chi connectivity index (χ4n) is 4.81. The Bertz CT molecular complexity index is 1730. The summed E-state index contributed by atoms with van der Waals surface area (Å²) in [4.78, 5) is 10.1. The summed E-state index contributed by atoms with van der Waals surface area (Å²) in [6, 6.07) is 20.1. The molecule has 0 radical (unpaired) electrons. The second-order valence-corrected chi connectivity index (χ2v) is 8.56. The standard InChI is InChI=1S/C28H19FN4O/c1-14-7-12-21-24(15(14)2)33-25-18-5-3-4-6-19(18)27-23(26(25)32-21)22(20(13-30)28(31)34-27)16-8-10-17(29)11-9-16/h3-12,22H,31H2,1-2H3. The molecule has 0 saturated carbocycles. The number of rotatable bonds is 1. The van der Waals surface area contributed by atoms with Crippen molar-refractivity contribution in [2.75, 3.05) is 0 Å². The molecule has 164 valence electrons. The van der Waals surface area contributed by atoms with Crippen LogP contribution in [0.3, 0.4) is 0 Å². The van der Waals surface area contributed by atoms with E-state index in [0.29, 0.717) is 16.8 Å². The maximum Gasteiger partial charge on any atom is 0.205 e. The van der Waals surface area contributed by atoms with E-state index >= 15 is 0 Å². The highest BCUT2D eigenvalue weighted by atomic mass is 19.1. The van der Waals surface area contributed by atoms with E-state index in [-0.39, 0.29) is 17.3 Å². The Hall–Kier alpha value is -4.50. The Kier molecular flexibility index (Phi) is 4.30. The van der Waals surface area contributed by atoms with E-state index in [0.717, 1.165) is 44.0 Å². The molecule has 0 spiro atoms. The highest BCUT2D eigenvalue weighted by Gasteiger charge is 2.35. The number of halogens is 1. The smallest absolute Gasteiger partial charge is 0.205 e. The predicted molar refractivity (Wildman–Crippen MR) is 130 cm³/mol. The van der Waals surface area contributed by atoms with Crippen molar-refractivity contribution in [1.82, 2.24) is 9.97 Å². The monoisotopic (exact) mass is 446 g/mol. The van der Waals surface area contributed by atoms with Gasteiger partial charge in [-0.05, 0) is 48.7 Å². The quantitative estimate of drug-likeness (QED) is 0.256. The summed E-state index contributed by atoms with van der Waals surface area (Å²) in [6.07, 6.45) is 0. The third-order valence-electron chi connectivity index (χ3n) is 6.67. The van der Waals surface area contributed by atoms with Gasteiger partial charge in [-0.15, -0.1) is 0 Å². The molecule has 6 rings (SSSR count). The zero-order valence-electron chi connectivity index (χ0n) is 18.6. The first-order valence-electron chi connectivity index (χ1n) is 10.9.